The van der Waals surface area contributed by atoms with Crippen molar-refractivity contribution in [3.8, 4) is 0 Å². The van der Waals surface area contributed by atoms with Crippen LogP contribution in [0.1, 0.15) is 92.4 Å². The largest absolute Gasteiger partial charge is 0.464 e. The number of amides is 2. The van der Waals surface area contributed by atoms with E-state index < -0.39 is 36.0 Å². The second-order valence-corrected chi connectivity index (χ2v) is 11.3. The maximum absolute atomic E-state index is 12.3. The minimum atomic E-state index is -1.15. The summed E-state index contributed by atoms with van der Waals surface area (Å²) in [4.78, 5) is 39.1. The quantitative estimate of drug-likeness (QED) is 0.328. The second kappa shape index (κ2) is 12.9. The van der Waals surface area contributed by atoms with Crippen LogP contribution in [0, 0.1) is 0 Å². The average Bonchev–Trinajstić information content (AvgIpc) is 3.26. The van der Waals surface area contributed by atoms with Crippen LogP contribution < -0.4 is 0 Å². The van der Waals surface area contributed by atoms with Gasteiger partial charge in [-0.15, -0.1) is 0 Å². The molecule has 3 fully saturated rings. The van der Waals surface area contributed by atoms with Crippen molar-refractivity contribution in [2.75, 3.05) is 13.2 Å². The molecule has 0 aromatic heterocycles. The monoisotopic (exact) mass is 526 g/mol. The van der Waals surface area contributed by atoms with Crippen molar-refractivity contribution in [1.82, 2.24) is 9.80 Å². The highest BCUT2D eigenvalue weighted by atomic mass is 16.8. The third kappa shape index (κ3) is 7.43. The third-order valence-electron chi connectivity index (χ3n) is 7.97. The van der Waals surface area contributed by atoms with Crippen molar-refractivity contribution in [2.45, 2.75) is 141 Å². The van der Waals surface area contributed by atoms with Gasteiger partial charge in [0.2, 0.25) is 11.8 Å². The molecule has 3 heterocycles. The van der Waals surface area contributed by atoms with Crippen molar-refractivity contribution >= 4 is 17.8 Å². The molecule has 2 N–H and O–H groups in total. The number of aliphatic hydroxyl groups is 2. The van der Waals surface area contributed by atoms with E-state index >= 15 is 0 Å². The molecule has 0 aromatic carbocycles. The molecule has 2 amide bonds. The lowest BCUT2D eigenvalue weighted by Crippen LogP contribution is -2.52. The molecule has 0 saturated carbocycles. The SMILES string of the molecule is CC(=O)OC[C@@H]1[C@@H](O)[C@H](O)[C@@H](CCCCCC[C@@H]2OC(C)(C)O[C@H]2[C@H]2CCCCN2C(C)=O)N1C(C)=O. The van der Waals surface area contributed by atoms with Gasteiger partial charge in [-0.25, -0.2) is 0 Å². The van der Waals surface area contributed by atoms with Gasteiger partial charge in [0.15, 0.2) is 5.79 Å². The van der Waals surface area contributed by atoms with E-state index in [0.717, 1.165) is 57.9 Å². The lowest BCUT2D eigenvalue weighted by molar-refractivity contribution is -0.158. The highest BCUT2D eigenvalue weighted by Crippen LogP contribution is 2.37. The molecular formula is C27H46N2O8. The Bertz CT molecular complexity index is 805. The van der Waals surface area contributed by atoms with Gasteiger partial charge >= 0.3 is 5.97 Å². The number of unbranched alkanes of at least 4 members (excludes halogenated alkanes) is 3. The number of hydrogen-bond donors (Lipinski definition) is 2. The first-order chi connectivity index (χ1) is 17.4. The number of carbonyl (C=O) groups is 3. The zero-order valence-corrected chi connectivity index (χ0v) is 23.1. The van der Waals surface area contributed by atoms with Gasteiger partial charge in [-0.1, -0.05) is 25.7 Å². The maximum Gasteiger partial charge on any atom is 0.302 e. The summed E-state index contributed by atoms with van der Waals surface area (Å²) < 4.78 is 17.6. The van der Waals surface area contributed by atoms with Crippen LogP contribution in [0.2, 0.25) is 0 Å². The molecule has 37 heavy (non-hydrogen) atoms. The summed E-state index contributed by atoms with van der Waals surface area (Å²) in [5.41, 5.74) is 0. The zero-order valence-electron chi connectivity index (χ0n) is 23.1. The smallest absolute Gasteiger partial charge is 0.302 e. The summed E-state index contributed by atoms with van der Waals surface area (Å²) in [7, 11) is 0. The van der Waals surface area contributed by atoms with E-state index in [4.69, 9.17) is 14.2 Å². The molecule has 3 aliphatic rings. The first-order valence-electron chi connectivity index (χ1n) is 13.8. The van der Waals surface area contributed by atoms with E-state index in [0.29, 0.717) is 6.42 Å². The number of likely N-dealkylation sites (tertiary alicyclic amines) is 2. The summed E-state index contributed by atoms with van der Waals surface area (Å²) in [6, 6.07) is -1.20. The van der Waals surface area contributed by atoms with Gasteiger partial charge < -0.3 is 34.2 Å². The fraction of sp³-hybridized carbons (Fsp3) is 0.889. The molecule has 3 aliphatic heterocycles. The van der Waals surface area contributed by atoms with Gasteiger partial charge in [0, 0.05) is 27.3 Å². The summed E-state index contributed by atoms with van der Waals surface area (Å²) in [5, 5.41) is 21.0. The Hall–Kier alpha value is -1.75. The van der Waals surface area contributed by atoms with E-state index in [1.807, 2.05) is 18.7 Å². The number of hydrogen-bond acceptors (Lipinski definition) is 8. The van der Waals surface area contributed by atoms with Crippen molar-refractivity contribution < 1.29 is 38.8 Å². The molecule has 0 bridgehead atoms. The van der Waals surface area contributed by atoms with Crippen LogP contribution in [-0.2, 0) is 28.6 Å². The number of carbonyl (C=O) groups excluding carboxylic acids is 3. The predicted molar refractivity (Wildman–Crippen MR) is 135 cm³/mol. The predicted octanol–water partition coefficient (Wildman–Crippen LogP) is 2.13. The summed E-state index contributed by atoms with van der Waals surface area (Å²) >= 11 is 0. The summed E-state index contributed by atoms with van der Waals surface area (Å²) in [5.74, 6) is -1.33. The molecule has 0 unspecified atom stereocenters. The van der Waals surface area contributed by atoms with Crippen LogP contribution >= 0.6 is 0 Å². The first kappa shape index (κ1) is 29.8. The molecule has 3 rings (SSSR count). The highest BCUT2D eigenvalue weighted by Gasteiger charge is 2.49. The normalized spacial score (nSPS) is 33.5. The standard InChI is InChI=1S/C27H46N2O8/c1-17(30)28-15-11-10-13-21(28)26-23(36-27(4,5)37-26)14-9-7-6-8-12-20-24(33)25(34)22(16-35-19(3)32)29(20)18(2)31/h20-26,33-34H,6-16H2,1-5H3/t20-,21-,22-,23+,24-,25-,26+/m1/s1. The van der Waals surface area contributed by atoms with Gasteiger partial charge in [-0.05, 0) is 46.0 Å². The van der Waals surface area contributed by atoms with Crippen LogP contribution in [0.3, 0.4) is 0 Å². The molecule has 10 heteroatoms. The Morgan fingerprint density at radius 3 is 2.16 bits per heavy atom. The topological polar surface area (TPSA) is 126 Å². The summed E-state index contributed by atoms with van der Waals surface area (Å²) in [6.07, 6.45) is 5.60. The number of nitrogens with zero attached hydrogens (tertiary/aromatic N) is 2. The zero-order chi connectivity index (χ0) is 27.3. The van der Waals surface area contributed by atoms with Gasteiger partial charge in [0.1, 0.15) is 24.9 Å². The number of aliphatic hydroxyl groups excluding tert-OH is 2. The second-order valence-electron chi connectivity index (χ2n) is 11.3. The number of rotatable bonds is 10. The lowest BCUT2D eigenvalue weighted by Gasteiger charge is -2.39. The van der Waals surface area contributed by atoms with E-state index in [2.05, 4.69) is 0 Å². The highest BCUT2D eigenvalue weighted by molar-refractivity contribution is 5.75. The molecule has 0 aromatic rings. The van der Waals surface area contributed by atoms with Crippen molar-refractivity contribution in [1.29, 1.82) is 0 Å². The van der Waals surface area contributed by atoms with Gasteiger partial charge in [-0.2, -0.15) is 0 Å². The number of esters is 1. The van der Waals surface area contributed by atoms with Gasteiger partial charge in [0.25, 0.3) is 0 Å². The van der Waals surface area contributed by atoms with Crippen molar-refractivity contribution in [3.05, 3.63) is 0 Å². The van der Waals surface area contributed by atoms with Crippen LogP contribution in [0.25, 0.3) is 0 Å². The maximum atomic E-state index is 12.3. The third-order valence-corrected chi connectivity index (χ3v) is 7.97. The average molecular weight is 527 g/mol. The van der Waals surface area contributed by atoms with Crippen molar-refractivity contribution in [2.24, 2.45) is 0 Å². The Morgan fingerprint density at radius 2 is 1.54 bits per heavy atom. The molecule has 0 radical (unpaired) electrons. The van der Waals surface area contributed by atoms with E-state index in [1.54, 1.807) is 6.92 Å². The molecule has 10 nitrogen and oxygen atoms in total. The number of ether oxygens (including phenoxy) is 3. The Morgan fingerprint density at radius 1 is 0.892 bits per heavy atom. The molecular weight excluding hydrogens is 480 g/mol. The first-order valence-corrected chi connectivity index (χ1v) is 13.8. The minimum Gasteiger partial charge on any atom is -0.464 e. The van der Waals surface area contributed by atoms with Gasteiger partial charge in [0.05, 0.1) is 24.2 Å². The van der Waals surface area contributed by atoms with E-state index in [9.17, 15) is 24.6 Å². The molecule has 212 valence electrons. The van der Waals surface area contributed by atoms with Crippen LogP contribution in [-0.4, -0.2) is 99.3 Å². The minimum absolute atomic E-state index is 0.0470. The van der Waals surface area contributed by atoms with Crippen LogP contribution in [0.5, 0.6) is 0 Å². The van der Waals surface area contributed by atoms with Crippen LogP contribution in [0.15, 0.2) is 0 Å². The summed E-state index contributed by atoms with van der Waals surface area (Å²) in [6.45, 7) is 8.80. The number of piperidine rings is 1. The lowest BCUT2D eigenvalue weighted by atomic mass is 9.92. The van der Waals surface area contributed by atoms with Crippen molar-refractivity contribution in [3.63, 3.8) is 0 Å². The molecule has 7 atom stereocenters. The fourth-order valence-corrected chi connectivity index (χ4v) is 6.34. The Labute approximate surface area is 220 Å². The Balaban J connectivity index is 1.48. The molecule has 0 spiro atoms. The molecule has 0 aliphatic carbocycles. The van der Waals surface area contributed by atoms with E-state index in [-0.39, 0.29) is 36.7 Å². The van der Waals surface area contributed by atoms with E-state index in [1.165, 1.54) is 18.7 Å². The Kier molecular flexibility index (Phi) is 10.4. The van der Waals surface area contributed by atoms with Gasteiger partial charge in [-0.3, -0.25) is 14.4 Å². The molecule has 3 saturated heterocycles. The van der Waals surface area contributed by atoms with Crippen LogP contribution in [0.4, 0.5) is 0 Å². The fourth-order valence-electron chi connectivity index (χ4n) is 6.34.